The Bertz CT molecular complexity index is 958. The van der Waals surface area contributed by atoms with Gasteiger partial charge in [-0.25, -0.2) is 4.98 Å². The zero-order chi connectivity index (χ0) is 20.8. The molecule has 2 aromatic carbocycles. The number of amides is 1. The summed E-state index contributed by atoms with van der Waals surface area (Å²) in [6.07, 6.45) is 1.68. The minimum absolute atomic E-state index is 0.0500. The van der Waals surface area contributed by atoms with Crippen molar-refractivity contribution >= 4 is 23.4 Å². The molecule has 0 aliphatic heterocycles. The molecule has 1 heterocycles. The molecule has 0 aliphatic rings. The monoisotopic (exact) mass is 389 g/mol. The Morgan fingerprint density at radius 2 is 1.83 bits per heavy atom. The summed E-state index contributed by atoms with van der Waals surface area (Å²) in [5.74, 6) is 0.981. The van der Waals surface area contributed by atoms with Crippen LogP contribution >= 0.6 is 0 Å². The van der Waals surface area contributed by atoms with Gasteiger partial charge in [0.15, 0.2) is 0 Å². The summed E-state index contributed by atoms with van der Waals surface area (Å²) in [5, 5.41) is 3.31. The van der Waals surface area contributed by atoms with Crippen LogP contribution in [0.5, 0.6) is 0 Å². The molecular formula is C23H27N5O. The average molecular weight is 390 g/mol. The van der Waals surface area contributed by atoms with Crippen molar-refractivity contribution in [3.63, 3.8) is 0 Å². The topological polar surface area (TPSA) is 61.4 Å². The molecule has 150 valence electrons. The SMILES string of the molecule is CCN(C(=O)c1cccc(N(C)C)c1)c1ccnc(N[C@@H](C)c2ccccc2)n1. The van der Waals surface area contributed by atoms with Crippen LogP contribution in [0, 0.1) is 0 Å². The number of hydrogen-bond donors (Lipinski definition) is 1. The highest BCUT2D eigenvalue weighted by atomic mass is 16.2. The highest BCUT2D eigenvalue weighted by Gasteiger charge is 2.19. The number of anilines is 3. The van der Waals surface area contributed by atoms with Crippen molar-refractivity contribution in [2.45, 2.75) is 19.9 Å². The third-order valence-corrected chi connectivity index (χ3v) is 4.73. The van der Waals surface area contributed by atoms with Crippen LogP contribution < -0.4 is 15.1 Å². The summed E-state index contributed by atoms with van der Waals surface area (Å²) >= 11 is 0. The number of hydrogen-bond acceptors (Lipinski definition) is 5. The van der Waals surface area contributed by atoms with Crippen LogP contribution in [0.2, 0.25) is 0 Å². The molecule has 1 aromatic heterocycles. The number of rotatable bonds is 7. The Morgan fingerprint density at radius 3 is 2.52 bits per heavy atom. The molecule has 0 bridgehead atoms. The second-order valence-corrected chi connectivity index (χ2v) is 7.01. The highest BCUT2D eigenvalue weighted by molar-refractivity contribution is 6.06. The van der Waals surface area contributed by atoms with Gasteiger partial charge < -0.3 is 10.2 Å². The van der Waals surface area contributed by atoms with Gasteiger partial charge in [-0.05, 0) is 43.7 Å². The van der Waals surface area contributed by atoms with E-state index in [2.05, 4.69) is 34.3 Å². The second kappa shape index (κ2) is 9.19. The largest absolute Gasteiger partial charge is 0.378 e. The maximum atomic E-state index is 13.1. The molecule has 1 atom stereocenters. The maximum absolute atomic E-state index is 13.1. The van der Waals surface area contributed by atoms with Gasteiger partial charge in [0.1, 0.15) is 5.82 Å². The summed E-state index contributed by atoms with van der Waals surface area (Å²) in [4.78, 5) is 25.7. The van der Waals surface area contributed by atoms with E-state index in [9.17, 15) is 4.79 Å². The molecule has 29 heavy (non-hydrogen) atoms. The zero-order valence-corrected chi connectivity index (χ0v) is 17.3. The Balaban J connectivity index is 1.82. The molecule has 0 fully saturated rings. The molecule has 0 saturated heterocycles. The fourth-order valence-corrected chi connectivity index (χ4v) is 3.07. The minimum Gasteiger partial charge on any atom is -0.378 e. The third-order valence-electron chi connectivity index (χ3n) is 4.73. The number of carbonyl (C=O) groups is 1. The van der Waals surface area contributed by atoms with Crippen LogP contribution in [-0.2, 0) is 0 Å². The van der Waals surface area contributed by atoms with Crippen molar-refractivity contribution in [1.82, 2.24) is 9.97 Å². The number of nitrogens with one attached hydrogen (secondary N) is 1. The second-order valence-electron chi connectivity index (χ2n) is 7.01. The van der Waals surface area contributed by atoms with Crippen LogP contribution in [0.4, 0.5) is 17.5 Å². The van der Waals surface area contributed by atoms with Gasteiger partial charge in [0.05, 0.1) is 6.04 Å². The molecule has 1 amide bonds. The summed E-state index contributed by atoms with van der Waals surface area (Å²) < 4.78 is 0. The number of nitrogens with zero attached hydrogens (tertiary/aromatic N) is 4. The lowest BCUT2D eigenvalue weighted by atomic mass is 10.1. The van der Waals surface area contributed by atoms with Crippen LogP contribution in [0.25, 0.3) is 0 Å². The van der Waals surface area contributed by atoms with Gasteiger partial charge in [-0.3, -0.25) is 9.69 Å². The lowest BCUT2D eigenvalue weighted by Crippen LogP contribution is -2.31. The first kappa shape index (κ1) is 20.3. The Hall–Kier alpha value is -3.41. The first-order valence-corrected chi connectivity index (χ1v) is 9.73. The first-order chi connectivity index (χ1) is 14.0. The van der Waals surface area contributed by atoms with E-state index in [1.165, 1.54) is 0 Å². The van der Waals surface area contributed by atoms with Crippen molar-refractivity contribution < 1.29 is 4.79 Å². The number of carbonyl (C=O) groups excluding carboxylic acids is 1. The minimum atomic E-state index is -0.0862. The van der Waals surface area contributed by atoms with Crippen LogP contribution in [0.3, 0.4) is 0 Å². The van der Waals surface area contributed by atoms with E-state index in [0.29, 0.717) is 23.9 Å². The molecule has 1 N–H and O–H groups in total. The van der Waals surface area contributed by atoms with E-state index in [4.69, 9.17) is 0 Å². The van der Waals surface area contributed by atoms with Crippen LogP contribution in [0.15, 0.2) is 66.9 Å². The van der Waals surface area contributed by atoms with E-state index in [1.54, 1.807) is 17.2 Å². The van der Waals surface area contributed by atoms with E-state index >= 15 is 0 Å². The molecule has 0 aliphatic carbocycles. The lowest BCUT2D eigenvalue weighted by Gasteiger charge is -2.22. The molecule has 0 unspecified atom stereocenters. The fraction of sp³-hybridized carbons (Fsp3) is 0.261. The fourth-order valence-electron chi connectivity index (χ4n) is 3.07. The van der Waals surface area contributed by atoms with Crippen LogP contribution in [0.1, 0.15) is 35.8 Å². The summed E-state index contributed by atoms with van der Waals surface area (Å²) in [7, 11) is 3.91. The Labute approximate surface area is 172 Å². The van der Waals surface area contributed by atoms with Gasteiger partial charge in [0.2, 0.25) is 5.95 Å². The predicted octanol–water partition coefficient (Wildman–Crippen LogP) is 4.38. The summed E-state index contributed by atoms with van der Waals surface area (Å²) in [5.41, 5.74) is 2.75. The highest BCUT2D eigenvalue weighted by Crippen LogP contribution is 2.21. The van der Waals surface area contributed by atoms with E-state index in [0.717, 1.165) is 11.3 Å². The summed E-state index contributed by atoms with van der Waals surface area (Å²) in [6, 6.07) is 19.5. The summed E-state index contributed by atoms with van der Waals surface area (Å²) in [6.45, 7) is 4.51. The molecule has 3 aromatic rings. The molecule has 0 radical (unpaired) electrons. The van der Waals surface area contributed by atoms with E-state index < -0.39 is 0 Å². The Morgan fingerprint density at radius 1 is 1.07 bits per heavy atom. The quantitative estimate of drug-likeness (QED) is 0.650. The molecule has 0 saturated carbocycles. The van der Waals surface area contributed by atoms with Gasteiger partial charge in [-0.1, -0.05) is 36.4 Å². The van der Waals surface area contributed by atoms with Crippen molar-refractivity contribution in [2.75, 3.05) is 35.8 Å². The number of aromatic nitrogens is 2. The average Bonchev–Trinajstić information content (AvgIpc) is 2.75. The first-order valence-electron chi connectivity index (χ1n) is 9.73. The third kappa shape index (κ3) is 4.90. The van der Waals surface area contributed by atoms with Crippen molar-refractivity contribution in [2.24, 2.45) is 0 Å². The zero-order valence-electron chi connectivity index (χ0n) is 17.3. The van der Waals surface area contributed by atoms with Crippen molar-refractivity contribution in [3.05, 3.63) is 78.0 Å². The maximum Gasteiger partial charge on any atom is 0.259 e. The van der Waals surface area contributed by atoms with E-state index in [1.807, 2.05) is 68.4 Å². The van der Waals surface area contributed by atoms with Gasteiger partial charge >= 0.3 is 0 Å². The molecule has 3 rings (SSSR count). The Kier molecular flexibility index (Phi) is 6.44. The predicted molar refractivity (Wildman–Crippen MR) is 119 cm³/mol. The molecule has 0 spiro atoms. The normalized spacial score (nSPS) is 11.6. The van der Waals surface area contributed by atoms with Gasteiger partial charge in [-0.15, -0.1) is 0 Å². The van der Waals surface area contributed by atoms with Gasteiger partial charge in [-0.2, -0.15) is 4.98 Å². The molecule has 6 nitrogen and oxygen atoms in total. The standard InChI is InChI=1S/C23H27N5O/c1-5-28(22(29)19-12-9-13-20(16-19)27(3)4)21-14-15-24-23(26-21)25-17(2)18-10-7-6-8-11-18/h6-17H,5H2,1-4H3,(H,24,25,26)/t17-/m0/s1. The van der Waals surface area contributed by atoms with Crippen molar-refractivity contribution in [3.8, 4) is 0 Å². The van der Waals surface area contributed by atoms with Crippen molar-refractivity contribution in [1.29, 1.82) is 0 Å². The molecular weight excluding hydrogens is 362 g/mol. The van der Waals surface area contributed by atoms with E-state index in [-0.39, 0.29) is 11.9 Å². The van der Waals surface area contributed by atoms with Gasteiger partial charge in [0, 0.05) is 38.1 Å². The number of benzene rings is 2. The van der Waals surface area contributed by atoms with Gasteiger partial charge in [0.25, 0.3) is 5.91 Å². The molecule has 6 heteroatoms. The smallest absolute Gasteiger partial charge is 0.259 e. The lowest BCUT2D eigenvalue weighted by molar-refractivity contribution is 0.0987. The van der Waals surface area contributed by atoms with Crippen LogP contribution in [-0.4, -0.2) is 36.5 Å².